The van der Waals surface area contributed by atoms with Crippen molar-refractivity contribution in [3.8, 4) is 0 Å². The number of aliphatic hydroxyl groups is 3. The van der Waals surface area contributed by atoms with E-state index in [1.165, 1.54) is 0 Å². The van der Waals surface area contributed by atoms with Crippen molar-refractivity contribution in [3.05, 3.63) is 63.6 Å². The van der Waals surface area contributed by atoms with Crippen LogP contribution in [0.2, 0.25) is 10.0 Å². The van der Waals surface area contributed by atoms with Gasteiger partial charge in [0.1, 0.15) is 5.54 Å². The molecule has 2 aromatic rings. The fourth-order valence-electron chi connectivity index (χ4n) is 2.32. The maximum Gasteiger partial charge on any atom is 0.252 e. The van der Waals surface area contributed by atoms with Gasteiger partial charge in [0.15, 0.2) is 6.23 Å². The molecule has 1 amide bonds. The maximum atomic E-state index is 12.4. The molecular formula is C18H20Cl2N2O4. The first-order chi connectivity index (χ1) is 12.3. The van der Waals surface area contributed by atoms with Gasteiger partial charge in [-0.25, -0.2) is 0 Å². The Morgan fingerprint density at radius 1 is 1.12 bits per heavy atom. The average Bonchev–Trinajstić information content (AvgIpc) is 2.66. The van der Waals surface area contributed by atoms with E-state index in [0.29, 0.717) is 5.56 Å². The number of nitrogens with one attached hydrogen (secondary N) is 2. The summed E-state index contributed by atoms with van der Waals surface area (Å²) < 4.78 is 0. The van der Waals surface area contributed by atoms with Crippen molar-refractivity contribution in [3.63, 3.8) is 0 Å². The molecule has 0 aliphatic rings. The summed E-state index contributed by atoms with van der Waals surface area (Å²) in [4.78, 5) is 12.4. The van der Waals surface area contributed by atoms with Crippen LogP contribution in [-0.2, 0) is 0 Å². The molecule has 0 saturated carbocycles. The zero-order valence-corrected chi connectivity index (χ0v) is 15.6. The first-order valence-corrected chi connectivity index (χ1v) is 8.58. The number of carbonyl (C=O) groups is 1. The van der Waals surface area contributed by atoms with Crippen LogP contribution < -0.4 is 10.6 Å². The molecule has 1 atom stereocenters. The van der Waals surface area contributed by atoms with Crippen molar-refractivity contribution in [2.45, 2.75) is 18.7 Å². The van der Waals surface area contributed by atoms with Gasteiger partial charge in [0, 0.05) is 5.56 Å². The third-order valence-corrected chi connectivity index (χ3v) is 4.85. The third-order valence-electron chi connectivity index (χ3n) is 4.05. The van der Waals surface area contributed by atoms with Crippen molar-refractivity contribution >= 4 is 34.8 Å². The highest BCUT2D eigenvalue weighted by molar-refractivity contribution is 6.39. The van der Waals surface area contributed by atoms with Crippen LogP contribution in [-0.4, -0.2) is 46.2 Å². The molecule has 0 heterocycles. The van der Waals surface area contributed by atoms with Gasteiger partial charge in [-0.3, -0.25) is 4.79 Å². The van der Waals surface area contributed by atoms with E-state index < -0.39 is 30.9 Å². The number of hydrogen-bond acceptors (Lipinski definition) is 5. The molecule has 0 fully saturated rings. The SMILES string of the molecule is Cc1ccc(Cl)c(NC(O)C(CO)(CO)NC(=O)c2ccccc2)c1Cl. The Hall–Kier alpha value is -1.83. The summed E-state index contributed by atoms with van der Waals surface area (Å²) in [5, 5.41) is 35.8. The minimum atomic E-state index is -1.76. The standard InChI is InChI=1S/C18H20Cl2N2O4/c1-11-7-8-13(19)15(14(11)20)21-17(26)18(9-23,10-24)22-16(25)12-5-3-2-4-6-12/h2-8,17,21,23-24,26H,9-10H2,1H3,(H,22,25). The summed E-state index contributed by atoms with van der Waals surface area (Å²) in [5.41, 5.74) is -0.486. The largest absolute Gasteiger partial charge is 0.394 e. The highest BCUT2D eigenvalue weighted by atomic mass is 35.5. The number of aryl methyl sites for hydroxylation is 1. The summed E-state index contributed by atoms with van der Waals surface area (Å²) in [6.07, 6.45) is -1.57. The van der Waals surface area contributed by atoms with E-state index >= 15 is 0 Å². The van der Waals surface area contributed by atoms with E-state index in [1.807, 2.05) is 0 Å². The number of carbonyl (C=O) groups excluding carboxylic acids is 1. The lowest BCUT2D eigenvalue weighted by molar-refractivity contribution is -0.000140. The number of hydrogen-bond donors (Lipinski definition) is 5. The Morgan fingerprint density at radius 2 is 1.73 bits per heavy atom. The van der Waals surface area contributed by atoms with Crippen molar-refractivity contribution < 1.29 is 20.1 Å². The number of anilines is 1. The average molecular weight is 399 g/mol. The molecule has 0 bridgehead atoms. The van der Waals surface area contributed by atoms with Crippen LogP contribution in [0, 0.1) is 6.92 Å². The molecule has 8 heteroatoms. The van der Waals surface area contributed by atoms with Crippen LogP contribution >= 0.6 is 23.2 Å². The van der Waals surface area contributed by atoms with Gasteiger partial charge in [-0.2, -0.15) is 0 Å². The van der Waals surface area contributed by atoms with Crippen molar-refractivity contribution in [2.24, 2.45) is 0 Å². The van der Waals surface area contributed by atoms with Gasteiger partial charge in [0.05, 0.1) is 28.9 Å². The normalized spacial score (nSPS) is 12.5. The van der Waals surface area contributed by atoms with Gasteiger partial charge < -0.3 is 26.0 Å². The lowest BCUT2D eigenvalue weighted by atomic mass is 9.98. The van der Waals surface area contributed by atoms with Gasteiger partial charge in [0.25, 0.3) is 5.91 Å². The number of aliphatic hydroxyl groups excluding tert-OH is 3. The lowest BCUT2D eigenvalue weighted by Gasteiger charge is -2.36. The van der Waals surface area contributed by atoms with Gasteiger partial charge in [-0.15, -0.1) is 0 Å². The van der Waals surface area contributed by atoms with E-state index in [-0.39, 0.29) is 15.7 Å². The monoisotopic (exact) mass is 398 g/mol. The Balaban J connectivity index is 2.28. The van der Waals surface area contributed by atoms with E-state index in [1.54, 1.807) is 49.4 Å². The highest BCUT2D eigenvalue weighted by Crippen LogP contribution is 2.34. The molecule has 140 valence electrons. The van der Waals surface area contributed by atoms with Crippen LogP contribution in [0.25, 0.3) is 0 Å². The zero-order valence-electron chi connectivity index (χ0n) is 14.0. The number of halogens is 2. The second-order valence-corrected chi connectivity index (χ2v) is 6.68. The Labute approximate surface area is 161 Å². The molecule has 26 heavy (non-hydrogen) atoms. The summed E-state index contributed by atoms with van der Waals surface area (Å²) in [5.74, 6) is -0.559. The van der Waals surface area contributed by atoms with E-state index in [4.69, 9.17) is 23.2 Å². The van der Waals surface area contributed by atoms with Crippen LogP contribution in [0.1, 0.15) is 15.9 Å². The lowest BCUT2D eigenvalue weighted by Crippen LogP contribution is -2.64. The van der Waals surface area contributed by atoms with Crippen molar-refractivity contribution in [2.75, 3.05) is 18.5 Å². The van der Waals surface area contributed by atoms with Crippen LogP contribution in [0.3, 0.4) is 0 Å². The predicted octanol–water partition coefficient (Wildman–Crippen LogP) is 2.19. The van der Waals surface area contributed by atoms with Crippen LogP contribution in [0.4, 0.5) is 5.69 Å². The molecule has 0 saturated heterocycles. The topological polar surface area (TPSA) is 102 Å². The first kappa shape index (κ1) is 20.5. The van der Waals surface area contributed by atoms with Crippen LogP contribution in [0.5, 0.6) is 0 Å². The van der Waals surface area contributed by atoms with Gasteiger partial charge >= 0.3 is 0 Å². The summed E-state index contributed by atoms with van der Waals surface area (Å²) in [7, 11) is 0. The highest BCUT2D eigenvalue weighted by Gasteiger charge is 2.39. The fraction of sp³-hybridized carbons (Fsp3) is 0.278. The molecule has 0 radical (unpaired) electrons. The molecule has 2 aromatic carbocycles. The molecule has 5 N–H and O–H groups in total. The maximum absolute atomic E-state index is 12.4. The Kier molecular flexibility index (Phi) is 6.86. The van der Waals surface area contributed by atoms with Crippen molar-refractivity contribution in [1.82, 2.24) is 5.32 Å². The molecule has 0 spiro atoms. The van der Waals surface area contributed by atoms with Gasteiger partial charge in [0.2, 0.25) is 0 Å². The molecule has 0 aliphatic heterocycles. The molecule has 2 rings (SSSR count). The summed E-state index contributed by atoms with van der Waals surface area (Å²) >= 11 is 12.3. The smallest absolute Gasteiger partial charge is 0.252 e. The van der Waals surface area contributed by atoms with E-state index in [9.17, 15) is 20.1 Å². The quantitative estimate of drug-likeness (QED) is 0.460. The molecule has 0 aromatic heterocycles. The minimum Gasteiger partial charge on any atom is -0.394 e. The van der Waals surface area contributed by atoms with Crippen molar-refractivity contribution in [1.29, 1.82) is 0 Å². The van der Waals surface area contributed by atoms with Crippen LogP contribution in [0.15, 0.2) is 42.5 Å². The second kappa shape index (κ2) is 8.70. The second-order valence-electron chi connectivity index (χ2n) is 5.89. The number of amides is 1. The van der Waals surface area contributed by atoms with Gasteiger partial charge in [-0.1, -0.05) is 47.5 Å². The predicted molar refractivity (Wildman–Crippen MR) is 102 cm³/mol. The molecular weight excluding hydrogens is 379 g/mol. The third kappa shape index (κ3) is 4.28. The molecule has 1 unspecified atom stereocenters. The van der Waals surface area contributed by atoms with E-state index in [2.05, 4.69) is 10.6 Å². The summed E-state index contributed by atoms with van der Waals surface area (Å²) in [6, 6.07) is 11.6. The summed E-state index contributed by atoms with van der Waals surface area (Å²) in [6.45, 7) is 0.313. The molecule has 6 nitrogen and oxygen atoms in total. The molecule has 0 aliphatic carbocycles. The Morgan fingerprint density at radius 3 is 2.31 bits per heavy atom. The number of rotatable bonds is 7. The minimum absolute atomic E-state index is 0.237. The first-order valence-electron chi connectivity index (χ1n) is 7.83. The van der Waals surface area contributed by atoms with Gasteiger partial charge in [-0.05, 0) is 30.7 Å². The fourth-order valence-corrected chi connectivity index (χ4v) is 2.80. The Bertz CT molecular complexity index is 767. The number of benzene rings is 2. The zero-order chi connectivity index (χ0) is 19.3. The van der Waals surface area contributed by atoms with E-state index in [0.717, 1.165) is 5.56 Å².